The van der Waals surface area contributed by atoms with E-state index in [1.54, 1.807) is 0 Å². The van der Waals surface area contributed by atoms with Crippen LogP contribution >= 0.6 is 7.14 Å². The van der Waals surface area contributed by atoms with Gasteiger partial charge in [0, 0.05) is 28.3 Å². The lowest BCUT2D eigenvalue weighted by molar-refractivity contribution is 0.592. The van der Waals surface area contributed by atoms with E-state index >= 15 is 4.57 Å². The zero-order valence-corrected chi connectivity index (χ0v) is 23.7. The van der Waals surface area contributed by atoms with Gasteiger partial charge in [-0.3, -0.25) is 4.98 Å². The van der Waals surface area contributed by atoms with Crippen molar-refractivity contribution in [2.45, 2.75) is 0 Å². The molecule has 0 aliphatic heterocycles. The first kappa shape index (κ1) is 24.7. The Morgan fingerprint density at radius 3 is 1.67 bits per heavy atom. The lowest BCUT2D eigenvalue weighted by Crippen LogP contribution is -2.25. The number of aromatic nitrogens is 1. The summed E-state index contributed by atoms with van der Waals surface area (Å²) in [7, 11) is -3.20. The molecule has 8 aromatic rings. The predicted molar refractivity (Wildman–Crippen MR) is 178 cm³/mol. The number of benzene rings is 7. The number of hydrogen-bond acceptors (Lipinski definition) is 2. The highest BCUT2D eigenvalue weighted by molar-refractivity contribution is 7.85. The normalized spacial score (nSPS) is 11.9. The van der Waals surface area contributed by atoms with Gasteiger partial charge in [0.2, 0.25) is 0 Å². The number of hydrogen-bond donors (Lipinski definition) is 0. The third-order valence-electron chi connectivity index (χ3n) is 8.37. The summed E-state index contributed by atoms with van der Waals surface area (Å²) >= 11 is 0. The van der Waals surface area contributed by atoms with Gasteiger partial charge < -0.3 is 4.57 Å². The van der Waals surface area contributed by atoms with Gasteiger partial charge in [0.15, 0.2) is 7.14 Å². The van der Waals surface area contributed by atoms with Crippen LogP contribution in [0.2, 0.25) is 0 Å². The minimum atomic E-state index is -3.20. The summed E-state index contributed by atoms with van der Waals surface area (Å²) < 4.78 is 15.5. The Labute approximate surface area is 244 Å². The van der Waals surface area contributed by atoms with Crippen LogP contribution in [-0.2, 0) is 4.57 Å². The molecule has 1 heterocycles. The molecular formula is C39H26NOP. The second-order valence-electron chi connectivity index (χ2n) is 10.8. The maximum absolute atomic E-state index is 15.5. The second kappa shape index (κ2) is 9.80. The Morgan fingerprint density at radius 2 is 1.00 bits per heavy atom. The van der Waals surface area contributed by atoms with E-state index < -0.39 is 7.14 Å². The van der Waals surface area contributed by atoms with Crippen molar-refractivity contribution in [2.24, 2.45) is 0 Å². The molecule has 42 heavy (non-hydrogen) atoms. The maximum Gasteiger partial charge on any atom is 0.171 e. The first-order chi connectivity index (χ1) is 20.7. The molecule has 0 fully saturated rings. The summed E-state index contributed by atoms with van der Waals surface area (Å²) in [5.74, 6) is 0. The van der Waals surface area contributed by atoms with Crippen LogP contribution < -0.4 is 15.9 Å². The molecule has 0 atom stereocenters. The van der Waals surface area contributed by atoms with Crippen molar-refractivity contribution in [1.29, 1.82) is 0 Å². The van der Waals surface area contributed by atoms with Crippen LogP contribution in [0, 0.1) is 0 Å². The van der Waals surface area contributed by atoms with E-state index in [1.165, 1.54) is 32.3 Å². The average molecular weight is 556 g/mol. The van der Waals surface area contributed by atoms with Gasteiger partial charge in [-0.05, 0) is 84.9 Å². The van der Waals surface area contributed by atoms with Crippen molar-refractivity contribution in [1.82, 2.24) is 4.98 Å². The van der Waals surface area contributed by atoms with Gasteiger partial charge in [0.05, 0.1) is 0 Å². The van der Waals surface area contributed by atoms with Crippen LogP contribution in [0.5, 0.6) is 0 Å². The molecule has 7 aromatic carbocycles. The molecule has 8 rings (SSSR count). The molecule has 198 valence electrons. The molecule has 0 unspecified atom stereocenters. The van der Waals surface area contributed by atoms with Gasteiger partial charge >= 0.3 is 0 Å². The molecule has 0 aliphatic rings. The minimum Gasteiger partial charge on any atom is -0.309 e. The summed E-state index contributed by atoms with van der Waals surface area (Å²) in [5.41, 5.74) is 4.23. The Bertz CT molecular complexity index is 2200. The Kier molecular flexibility index (Phi) is 5.77. The van der Waals surface area contributed by atoms with E-state index in [2.05, 4.69) is 77.8 Å². The van der Waals surface area contributed by atoms with E-state index in [0.717, 1.165) is 38.2 Å². The fourth-order valence-electron chi connectivity index (χ4n) is 6.37. The Hall–Kier alpha value is -5.04. The SMILES string of the molecule is O=P(c1ccccc1)(c1ccccc1)c1cc(-c2ccncc2)cc(-c2ccc3ccc4cccc5ccc2c3c45)c1. The van der Waals surface area contributed by atoms with E-state index in [9.17, 15) is 0 Å². The van der Waals surface area contributed by atoms with Crippen LogP contribution in [0.25, 0.3) is 54.6 Å². The third kappa shape index (κ3) is 3.88. The Balaban J connectivity index is 1.46. The molecule has 0 radical (unpaired) electrons. The average Bonchev–Trinajstić information content (AvgIpc) is 3.07. The van der Waals surface area contributed by atoms with Crippen molar-refractivity contribution in [3.05, 3.63) is 158 Å². The van der Waals surface area contributed by atoms with Crippen LogP contribution in [0.4, 0.5) is 0 Å². The second-order valence-corrected chi connectivity index (χ2v) is 13.5. The van der Waals surface area contributed by atoms with Gasteiger partial charge in [0.25, 0.3) is 0 Å². The molecule has 0 aliphatic carbocycles. The largest absolute Gasteiger partial charge is 0.309 e. The van der Waals surface area contributed by atoms with Crippen molar-refractivity contribution in [3.63, 3.8) is 0 Å². The molecule has 0 saturated carbocycles. The van der Waals surface area contributed by atoms with Gasteiger partial charge in [-0.2, -0.15) is 0 Å². The van der Waals surface area contributed by atoms with E-state index in [-0.39, 0.29) is 0 Å². The smallest absolute Gasteiger partial charge is 0.171 e. The molecule has 0 saturated heterocycles. The predicted octanol–water partition coefficient (Wildman–Crippen LogP) is 8.95. The fraction of sp³-hybridized carbons (Fsp3) is 0. The van der Waals surface area contributed by atoms with Crippen LogP contribution in [0.1, 0.15) is 0 Å². The third-order valence-corrected chi connectivity index (χ3v) is 11.4. The van der Waals surface area contributed by atoms with Crippen molar-refractivity contribution in [2.75, 3.05) is 0 Å². The molecule has 0 amide bonds. The van der Waals surface area contributed by atoms with Crippen LogP contribution in [0.15, 0.2) is 158 Å². The van der Waals surface area contributed by atoms with Gasteiger partial charge in [-0.25, -0.2) is 0 Å². The molecule has 0 bridgehead atoms. The molecular weight excluding hydrogens is 529 g/mol. The van der Waals surface area contributed by atoms with E-state index in [1.807, 2.05) is 85.2 Å². The monoisotopic (exact) mass is 555 g/mol. The van der Waals surface area contributed by atoms with E-state index in [4.69, 9.17) is 0 Å². The van der Waals surface area contributed by atoms with Crippen LogP contribution in [-0.4, -0.2) is 4.98 Å². The first-order valence-electron chi connectivity index (χ1n) is 14.1. The van der Waals surface area contributed by atoms with Gasteiger partial charge in [-0.15, -0.1) is 0 Å². The molecule has 0 N–H and O–H groups in total. The summed E-state index contributed by atoms with van der Waals surface area (Å²) in [6.45, 7) is 0. The standard InChI is InChI=1S/C39H26NOP/c41-42(33-10-3-1-4-11-33,34-12-5-2-6-13-34)35-25-31(27-20-22-40-23-21-27)24-32(26-35)36-18-16-30-15-14-28-8-7-9-29-17-19-37(36)39(30)38(28)29/h1-26H. The fourth-order valence-corrected chi connectivity index (χ4v) is 9.09. The summed E-state index contributed by atoms with van der Waals surface area (Å²) in [6.07, 6.45) is 3.62. The van der Waals surface area contributed by atoms with E-state index in [0.29, 0.717) is 0 Å². The van der Waals surface area contributed by atoms with Crippen molar-refractivity contribution in [3.8, 4) is 22.3 Å². The molecule has 0 spiro atoms. The highest BCUT2D eigenvalue weighted by atomic mass is 31.2. The van der Waals surface area contributed by atoms with Crippen molar-refractivity contribution < 1.29 is 4.57 Å². The zero-order valence-electron chi connectivity index (χ0n) is 22.8. The Morgan fingerprint density at radius 1 is 0.429 bits per heavy atom. The van der Waals surface area contributed by atoms with Crippen molar-refractivity contribution >= 4 is 55.4 Å². The quantitative estimate of drug-likeness (QED) is 0.157. The highest BCUT2D eigenvalue weighted by Gasteiger charge is 2.30. The first-order valence-corrected chi connectivity index (χ1v) is 15.9. The number of nitrogens with zero attached hydrogens (tertiary/aromatic N) is 1. The summed E-state index contributed by atoms with van der Waals surface area (Å²) in [4.78, 5) is 4.25. The lowest BCUT2D eigenvalue weighted by Gasteiger charge is -2.22. The summed E-state index contributed by atoms with van der Waals surface area (Å²) in [5, 5.41) is 9.93. The van der Waals surface area contributed by atoms with Crippen LogP contribution in [0.3, 0.4) is 0 Å². The van der Waals surface area contributed by atoms with Gasteiger partial charge in [0.1, 0.15) is 0 Å². The topological polar surface area (TPSA) is 30.0 Å². The molecule has 3 heteroatoms. The lowest BCUT2D eigenvalue weighted by atomic mass is 9.89. The summed E-state index contributed by atoms with van der Waals surface area (Å²) in [6, 6.07) is 50.1. The molecule has 1 aromatic heterocycles. The number of pyridine rings is 1. The number of rotatable bonds is 5. The highest BCUT2D eigenvalue weighted by Crippen LogP contribution is 2.45. The molecule has 2 nitrogen and oxygen atoms in total. The maximum atomic E-state index is 15.5. The van der Waals surface area contributed by atoms with Gasteiger partial charge in [-0.1, -0.05) is 115 Å². The minimum absolute atomic E-state index is 0.815. The zero-order chi connectivity index (χ0) is 28.1.